The number of benzene rings is 1. The molecule has 5 nitrogen and oxygen atoms in total. The molecule has 2 rings (SSSR count). The zero-order valence-corrected chi connectivity index (χ0v) is 11.8. The van der Waals surface area contributed by atoms with Gasteiger partial charge in [0.1, 0.15) is 11.9 Å². The van der Waals surface area contributed by atoms with Crippen molar-refractivity contribution in [1.82, 2.24) is 9.97 Å². The van der Waals surface area contributed by atoms with Crippen molar-refractivity contribution in [2.45, 2.75) is 13.5 Å². The summed E-state index contributed by atoms with van der Waals surface area (Å²) in [6.07, 6.45) is 2.65. The third-order valence-corrected chi connectivity index (χ3v) is 3.53. The molecule has 1 aromatic heterocycles. The van der Waals surface area contributed by atoms with Crippen molar-refractivity contribution >= 4 is 27.6 Å². The molecule has 0 aliphatic rings. The van der Waals surface area contributed by atoms with Crippen LogP contribution in [0, 0.1) is 6.92 Å². The number of rotatable bonds is 4. The van der Waals surface area contributed by atoms with Crippen LogP contribution in [0.1, 0.15) is 21.6 Å². The van der Waals surface area contributed by atoms with Gasteiger partial charge in [-0.25, -0.2) is 14.8 Å². The first-order valence-electron chi connectivity index (χ1n) is 5.60. The standard InChI is InChI=1S/C13H12BrN3O2/c1-8-4-9(2-3-11(8)14)16-6-12-10(13(18)19)5-15-7-17-12/h2-5,7,16H,6H2,1H3,(H,18,19). The minimum Gasteiger partial charge on any atom is -0.478 e. The monoisotopic (exact) mass is 321 g/mol. The maximum Gasteiger partial charge on any atom is 0.339 e. The lowest BCUT2D eigenvalue weighted by molar-refractivity contribution is 0.0694. The molecule has 0 radical (unpaired) electrons. The second-order valence-electron chi connectivity index (χ2n) is 4.01. The summed E-state index contributed by atoms with van der Waals surface area (Å²) in [5.74, 6) is -1.02. The van der Waals surface area contributed by atoms with Crippen LogP contribution in [0.25, 0.3) is 0 Å². The van der Waals surface area contributed by atoms with Crippen LogP contribution in [0.5, 0.6) is 0 Å². The maximum atomic E-state index is 11.0. The van der Waals surface area contributed by atoms with Crippen LogP contribution in [0.3, 0.4) is 0 Å². The number of carboxylic acid groups (broad SMARTS) is 1. The van der Waals surface area contributed by atoms with Crippen molar-refractivity contribution in [1.29, 1.82) is 0 Å². The van der Waals surface area contributed by atoms with E-state index < -0.39 is 5.97 Å². The molecular weight excluding hydrogens is 310 g/mol. The second kappa shape index (κ2) is 5.79. The van der Waals surface area contributed by atoms with E-state index in [1.54, 1.807) is 0 Å². The first kappa shape index (κ1) is 13.5. The SMILES string of the molecule is Cc1cc(NCc2ncncc2C(=O)O)ccc1Br. The van der Waals surface area contributed by atoms with Crippen LogP contribution in [0.15, 0.2) is 35.2 Å². The fraction of sp³-hybridized carbons (Fsp3) is 0.154. The van der Waals surface area contributed by atoms with E-state index >= 15 is 0 Å². The molecule has 0 saturated heterocycles. The number of hydrogen-bond acceptors (Lipinski definition) is 4. The lowest BCUT2D eigenvalue weighted by atomic mass is 10.2. The normalized spacial score (nSPS) is 10.2. The number of aromatic nitrogens is 2. The number of hydrogen-bond donors (Lipinski definition) is 2. The maximum absolute atomic E-state index is 11.0. The fourth-order valence-corrected chi connectivity index (χ4v) is 1.86. The average Bonchev–Trinajstić information content (AvgIpc) is 2.40. The van der Waals surface area contributed by atoms with Gasteiger partial charge in [0.05, 0.1) is 12.2 Å². The number of aryl methyl sites for hydroxylation is 1. The molecule has 0 bridgehead atoms. The van der Waals surface area contributed by atoms with Crippen LogP contribution in [-0.2, 0) is 6.54 Å². The zero-order chi connectivity index (χ0) is 13.8. The van der Waals surface area contributed by atoms with Gasteiger partial charge in [-0.1, -0.05) is 15.9 Å². The fourth-order valence-electron chi connectivity index (χ4n) is 1.61. The Morgan fingerprint density at radius 1 is 1.47 bits per heavy atom. The molecule has 0 unspecified atom stereocenters. The first-order valence-corrected chi connectivity index (χ1v) is 6.39. The summed E-state index contributed by atoms with van der Waals surface area (Å²) in [5.41, 5.74) is 2.59. The molecule has 2 aromatic rings. The summed E-state index contributed by atoms with van der Waals surface area (Å²) >= 11 is 3.43. The largest absolute Gasteiger partial charge is 0.478 e. The number of halogens is 1. The van der Waals surface area contributed by atoms with Gasteiger partial charge in [0.2, 0.25) is 0 Å². The molecule has 1 heterocycles. The van der Waals surface area contributed by atoms with E-state index in [9.17, 15) is 4.79 Å². The molecule has 6 heteroatoms. The van der Waals surface area contributed by atoms with Crippen LogP contribution in [-0.4, -0.2) is 21.0 Å². The number of carbonyl (C=O) groups is 1. The third-order valence-electron chi connectivity index (χ3n) is 2.64. The Balaban J connectivity index is 2.14. The van der Waals surface area contributed by atoms with Gasteiger partial charge in [-0.3, -0.25) is 0 Å². The van der Waals surface area contributed by atoms with Crippen LogP contribution in [0.2, 0.25) is 0 Å². The number of nitrogens with zero attached hydrogens (tertiary/aromatic N) is 2. The average molecular weight is 322 g/mol. The highest BCUT2D eigenvalue weighted by molar-refractivity contribution is 9.10. The Labute approximate surface area is 118 Å². The lowest BCUT2D eigenvalue weighted by Crippen LogP contribution is -2.10. The molecule has 0 fully saturated rings. The van der Waals surface area contributed by atoms with Crippen molar-refractivity contribution in [2.75, 3.05) is 5.32 Å². The predicted molar refractivity (Wildman–Crippen MR) is 75.2 cm³/mol. The van der Waals surface area contributed by atoms with Gasteiger partial charge in [0.15, 0.2) is 0 Å². The summed E-state index contributed by atoms with van der Waals surface area (Å²) < 4.78 is 1.03. The van der Waals surface area contributed by atoms with E-state index in [0.717, 1.165) is 15.7 Å². The van der Waals surface area contributed by atoms with E-state index in [2.05, 4.69) is 31.2 Å². The molecule has 0 atom stereocenters. The highest BCUT2D eigenvalue weighted by atomic mass is 79.9. The number of nitrogens with one attached hydrogen (secondary N) is 1. The molecular formula is C13H12BrN3O2. The quantitative estimate of drug-likeness (QED) is 0.905. The van der Waals surface area contributed by atoms with Gasteiger partial charge in [0, 0.05) is 16.4 Å². The molecule has 0 aliphatic carbocycles. The summed E-state index contributed by atoms with van der Waals surface area (Å²) in [4.78, 5) is 18.7. The number of aromatic carboxylic acids is 1. The van der Waals surface area contributed by atoms with Gasteiger partial charge in [-0.2, -0.15) is 0 Å². The summed E-state index contributed by atoms with van der Waals surface area (Å²) in [6.45, 7) is 2.33. The molecule has 0 amide bonds. The first-order chi connectivity index (χ1) is 9.08. The highest BCUT2D eigenvalue weighted by Gasteiger charge is 2.10. The van der Waals surface area contributed by atoms with Crippen molar-refractivity contribution in [3.05, 3.63) is 52.0 Å². The predicted octanol–water partition coefficient (Wildman–Crippen LogP) is 2.86. The molecule has 2 N–H and O–H groups in total. The molecule has 1 aromatic carbocycles. The van der Waals surface area contributed by atoms with Crippen molar-refractivity contribution < 1.29 is 9.90 Å². The Hall–Kier alpha value is -1.95. The Morgan fingerprint density at radius 3 is 2.95 bits per heavy atom. The number of carboxylic acids is 1. The zero-order valence-electron chi connectivity index (χ0n) is 10.2. The van der Waals surface area contributed by atoms with Gasteiger partial charge in [-0.15, -0.1) is 0 Å². The topological polar surface area (TPSA) is 75.1 Å². The molecule has 0 aliphatic heterocycles. The van der Waals surface area contributed by atoms with Gasteiger partial charge >= 0.3 is 5.97 Å². The summed E-state index contributed by atoms with van der Waals surface area (Å²) in [7, 11) is 0. The van der Waals surface area contributed by atoms with E-state index in [4.69, 9.17) is 5.11 Å². The van der Waals surface area contributed by atoms with Gasteiger partial charge in [-0.05, 0) is 30.7 Å². The third kappa shape index (κ3) is 3.29. The Kier molecular flexibility index (Phi) is 4.11. The van der Waals surface area contributed by atoms with E-state index in [1.165, 1.54) is 12.5 Å². The molecule has 19 heavy (non-hydrogen) atoms. The minimum atomic E-state index is -1.02. The summed E-state index contributed by atoms with van der Waals surface area (Å²) in [5, 5.41) is 12.2. The molecule has 98 valence electrons. The van der Waals surface area contributed by atoms with Crippen molar-refractivity contribution in [3.8, 4) is 0 Å². The number of anilines is 1. The van der Waals surface area contributed by atoms with E-state index in [-0.39, 0.29) is 5.56 Å². The Morgan fingerprint density at radius 2 is 2.26 bits per heavy atom. The van der Waals surface area contributed by atoms with Crippen LogP contribution < -0.4 is 5.32 Å². The second-order valence-corrected chi connectivity index (χ2v) is 4.86. The van der Waals surface area contributed by atoms with Gasteiger partial charge in [0.25, 0.3) is 0 Å². The molecule has 0 saturated carbocycles. The van der Waals surface area contributed by atoms with E-state index in [1.807, 2.05) is 25.1 Å². The van der Waals surface area contributed by atoms with Crippen molar-refractivity contribution in [2.24, 2.45) is 0 Å². The highest BCUT2D eigenvalue weighted by Crippen LogP contribution is 2.20. The molecule has 0 spiro atoms. The van der Waals surface area contributed by atoms with Gasteiger partial charge < -0.3 is 10.4 Å². The van der Waals surface area contributed by atoms with E-state index in [0.29, 0.717) is 12.2 Å². The lowest BCUT2D eigenvalue weighted by Gasteiger charge is -2.09. The summed E-state index contributed by atoms with van der Waals surface area (Å²) in [6, 6.07) is 5.83. The van der Waals surface area contributed by atoms with Crippen LogP contribution in [0.4, 0.5) is 5.69 Å². The smallest absolute Gasteiger partial charge is 0.339 e. The van der Waals surface area contributed by atoms with Crippen LogP contribution >= 0.6 is 15.9 Å². The minimum absolute atomic E-state index is 0.115. The van der Waals surface area contributed by atoms with Crippen molar-refractivity contribution in [3.63, 3.8) is 0 Å². The Bertz CT molecular complexity index is 617.